The van der Waals surface area contributed by atoms with Crippen molar-refractivity contribution >= 4 is 11.9 Å². The van der Waals surface area contributed by atoms with E-state index in [1.165, 1.54) is 0 Å². The van der Waals surface area contributed by atoms with E-state index in [9.17, 15) is 9.59 Å². The summed E-state index contributed by atoms with van der Waals surface area (Å²) in [4.78, 5) is 24.0. The first kappa shape index (κ1) is 19.9. The molecule has 1 aliphatic heterocycles. The van der Waals surface area contributed by atoms with Crippen LogP contribution in [0.5, 0.6) is 0 Å². The summed E-state index contributed by atoms with van der Waals surface area (Å²) in [5.41, 5.74) is -0.0316. The number of hydrogen-bond acceptors (Lipinski definition) is 5. The molecule has 0 aromatic rings. The largest absolute Gasteiger partial charge is 0.465 e. The minimum absolute atomic E-state index is 0.0205. The number of carbonyl (C=O) groups is 2. The lowest BCUT2D eigenvalue weighted by atomic mass is 9.97. The van der Waals surface area contributed by atoms with Crippen LogP contribution in [0.15, 0.2) is 0 Å². The van der Waals surface area contributed by atoms with Gasteiger partial charge in [-0.1, -0.05) is 34.6 Å². The van der Waals surface area contributed by atoms with Crippen molar-refractivity contribution in [3.63, 3.8) is 0 Å². The fourth-order valence-corrected chi connectivity index (χ4v) is 2.24. The van der Waals surface area contributed by atoms with E-state index in [-0.39, 0.29) is 35.3 Å². The van der Waals surface area contributed by atoms with E-state index < -0.39 is 0 Å². The summed E-state index contributed by atoms with van der Waals surface area (Å²) in [6.45, 7) is 11.5. The molecule has 0 bridgehead atoms. The normalized spacial score (nSPS) is 19.0. The molecule has 1 rings (SSSR count). The van der Waals surface area contributed by atoms with Crippen molar-refractivity contribution in [1.82, 2.24) is 0 Å². The number of rotatable bonds is 7. The zero-order chi connectivity index (χ0) is 17.5. The Morgan fingerprint density at radius 2 is 1.57 bits per heavy atom. The van der Waals surface area contributed by atoms with Gasteiger partial charge in [0.25, 0.3) is 0 Å². The molecule has 1 heterocycles. The second kappa shape index (κ2) is 9.26. The van der Waals surface area contributed by atoms with Gasteiger partial charge in [-0.05, 0) is 18.3 Å². The molecule has 0 amide bonds. The first-order valence-electron chi connectivity index (χ1n) is 8.64. The van der Waals surface area contributed by atoms with Gasteiger partial charge in [-0.15, -0.1) is 0 Å². The van der Waals surface area contributed by atoms with E-state index in [1.54, 1.807) is 0 Å². The Morgan fingerprint density at radius 3 is 2.09 bits per heavy atom. The first-order chi connectivity index (χ1) is 10.7. The highest BCUT2D eigenvalue weighted by Crippen LogP contribution is 2.19. The molecule has 5 heteroatoms. The van der Waals surface area contributed by atoms with Gasteiger partial charge in [0.15, 0.2) is 0 Å². The quantitative estimate of drug-likeness (QED) is 0.671. The van der Waals surface area contributed by atoms with Crippen LogP contribution >= 0.6 is 0 Å². The third-order valence-corrected chi connectivity index (χ3v) is 3.94. The van der Waals surface area contributed by atoms with Gasteiger partial charge in [0.1, 0.15) is 6.10 Å². The van der Waals surface area contributed by atoms with Crippen LogP contribution in [0.2, 0.25) is 0 Å². The van der Waals surface area contributed by atoms with Crippen LogP contribution in [-0.2, 0) is 23.8 Å². The van der Waals surface area contributed by atoms with E-state index in [4.69, 9.17) is 14.2 Å². The van der Waals surface area contributed by atoms with Gasteiger partial charge in [0.2, 0.25) is 0 Å². The molecule has 1 saturated heterocycles. The molecule has 0 aromatic heterocycles. The maximum atomic E-state index is 12.1. The molecule has 23 heavy (non-hydrogen) atoms. The van der Waals surface area contributed by atoms with E-state index in [2.05, 4.69) is 0 Å². The van der Waals surface area contributed by atoms with Gasteiger partial charge in [-0.3, -0.25) is 9.59 Å². The maximum absolute atomic E-state index is 12.1. The molecular formula is C18H32O5. The monoisotopic (exact) mass is 328 g/mol. The van der Waals surface area contributed by atoms with Crippen molar-refractivity contribution < 1.29 is 23.8 Å². The molecule has 0 saturated carbocycles. The average molecular weight is 328 g/mol. The maximum Gasteiger partial charge on any atom is 0.308 e. The summed E-state index contributed by atoms with van der Waals surface area (Å²) in [6.07, 6.45) is 2.79. The molecule has 0 spiro atoms. The fraction of sp³-hybridized carbons (Fsp3) is 0.889. The van der Waals surface area contributed by atoms with E-state index in [0.717, 1.165) is 12.8 Å². The Labute approximate surface area is 140 Å². The van der Waals surface area contributed by atoms with Crippen LogP contribution in [-0.4, -0.2) is 37.9 Å². The Kier molecular flexibility index (Phi) is 8.03. The van der Waals surface area contributed by atoms with E-state index in [1.807, 2.05) is 34.6 Å². The van der Waals surface area contributed by atoms with Gasteiger partial charge >= 0.3 is 11.9 Å². The first-order valence-corrected chi connectivity index (χ1v) is 8.64. The smallest absolute Gasteiger partial charge is 0.308 e. The molecule has 1 aliphatic rings. The van der Waals surface area contributed by atoms with Gasteiger partial charge in [-0.2, -0.15) is 0 Å². The minimum Gasteiger partial charge on any atom is -0.465 e. The van der Waals surface area contributed by atoms with Crippen LogP contribution in [0, 0.1) is 17.3 Å². The zero-order valence-electron chi connectivity index (χ0n) is 15.2. The lowest BCUT2D eigenvalue weighted by Gasteiger charge is -2.24. The van der Waals surface area contributed by atoms with Gasteiger partial charge in [-0.25, -0.2) is 0 Å². The Hall–Kier alpha value is -1.10. The molecule has 5 nitrogen and oxygen atoms in total. The molecular weight excluding hydrogens is 296 g/mol. The molecule has 0 aromatic carbocycles. The molecule has 0 N–H and O–H groups in total. The summed E-state index contributed by atoms with van der Waals surface area (Å²) >= 11 is 0. The Morgan fingerprint density at radius 1 is 1.04 bits per heavy atom. The lowest BCUT2D eigenvalue weighted by Crippen LogP contribution is -2.29. The third-order valence-electron chi connectivity index (χ3n) is 3.94. The second-order valence-electron chi connectivity index (χ2n) is 7.80. The summed E-state index contributed by atoms with van der Waals surface area (Å²) in [5, 5.41) is 0. The van der Waals surface area contributed by atoms with Crippen molar-refractivity contribution in [2.75, 3.05) is 19.8 Å². The van der Waals surface area contributed by atoms with Crippen LogP contribution in [0.4, 0.5) is 0 Å². The van der Waals surface area contributed by atoms with Crippen molar-refractivity contribution in [3.05, 3.63) is 0 Å². The molecule has 2 atom stereocenters. The summed E-state index contributed by atoms with van der Waals surface area (Å²) in [5.74, 6) is -0.761. The summed E-state index contributed by atoms with van der Waals surface area (Å²) < 4.78 is 16.1. The minimum atomic E-state index is -0.198. The van der Waals surface area contributed by atoms with Crippen molar-refractivity contribution in [3.8, 4) is 0 Å². The van der Waals surface area contributed by atoms with Crippen LogP contribution in [0.3, 0.4) is 0 Å². The number of carbonyl (C=O) groups excluding carboxylic acids is 2. The zero-order valence-corrected chi connectivity index (χ0v) is 15.2. The molecule has 0 radical (unpaired) electrons. The lowest BCUT2D eigenvalue weighted by molar-refractivity contribution is -0.158. The molecule has 1 unspecified atom stereocenters. The fourth-order valence-electron chi connectivity index (χ4n) is 2.24. The average Bonchev–Trinajstić information content (AvgIpc) is 2.50. The van der Waals surface area contributed by atoms with Crippen LogP contribution in [0.1, 0.15) is 60.3 Å². The van der Waals surface area contributed by atoms with Crippen LogP contribution in [0.25, 0.3) is 0 Å². The highest BCUT2D eigenvalue weighted by atomic mass is 16.6. The predicted octanol–water partition coefficient (Wildman–Crippen LogP) is 3.35. The number of hydrogen-bond donors (Lipinski definition) is 0. The molecule has 1 fully saturated rings. The highest BCUT2D eigenvalue weighted by Gasteiger charge is 2.24. The second-order valence-corrected chi connectivity index (χ2v) is 7.80. The predicted molar refractivity (Wildman–Crippen MR) is 87.9 cm³/mol. The number of esters is 2. The van der Waals surface area contributed by atoms with Crippen molar-refractivity contribution in [2.45, 2.75) is 66.4 Å². The standard InChI is InChI=1S/C18H32O5/c1-13(16(19)22-12-18(3,4)5)6-7-14(2)17(20)23-15-8-10-21-11-9-15/h13-15H,6-12H2,1-5H3/t13-,14?/m0/s1. The van der Waals surface area contributed by atoms with E-state index >= 15 is 0 Å². The SMILES string of the molecule is CC(CC[C@H](C)C(=O)OCC(C)(C)C)C(=O)OC1CCOCC1. The topological polar surface area (TPSA) is 61.8 Å². The Balaban J connectivity index is 2.26. The van der Waals surface area contributed by atoms with Crippen molar-refractivity contribution in [2.24, 2.45) is 17.3 Å². The van der Waals surface area contributed by atoms with Gasteiger partial charge in [0.05, 0.1) is 31.7 Å². The van der Waals surface area contributed by atoms with E-state index in [0.29, 0.717) is 32.7 Å². The highest BCUT2D eigenvalue weighted by molar-refractivity contribution is 5.73. The molecule has 0 aliphatic carbocycles. The van der Waals surface area contributed by atoms with Crippen LogP contribution < -0.4 is 0 Å². The summed E-state index contributed by atoms with van der Waals surface area (Å²) in [7, 11) is 0. The summed E-state index contributed by atoms with van der Waals surface area (Å²) in [6, 6.07) is 0. The van der Waals surface area contributed by atoms with Crippen molar-refractivity contribution in [1.29, 1.82) is 0 Å². The Bertz CT molecular complexity index is 379. The number of ether oxygens (including phenoxy) is 3. The van der Waals surface area contributed by atoms with Gasteiger partial charge in [0, 0.05) is 12.8 Å². The molecule has 134 valence electrons. The van der Waals surface area contributed by atoms with Gasteiger partial charge < -0.3 is 14.2 Å². The third kappa shape index (κ3) is 8.35.